The lowest BCUT2D eigenvalue weighted by atomic mass is 10.1. The van der Waals surface area contributed by atoms with Crippen LogP contribution in [0, 0.1) is 0 Å². The number of rotatable bonds is 6. The molecule has 7 heteroatoms. The molecule has 1 N–H and O–H groups in total. The number of benzene rings is 1. The number of aromatic nitrogens is 5. The van der Waals surface area contributed by atoms with E-state index in [0.29, 0.717) is 6.04 Å². The van der Waals surface area contributed by atoms with Gasteiger partial charge in [0.05, 0.1) is 0 Å². The van der Waals surface area contributed by atoms with E-state index in [1.54, 1.807) is 18.1 Å². The summed E-state index contributed by atoms with van der Waals surface area (Å²) >= 11 is 1.75. The molecule has 5 rings (SSSR count). The number of pyridine rings is 2. The zero-order valence-corrected chi connectivity index (χ0v) is 16.9. The Morgan fingerprint density at radius 3 is 2.48 bits per heavy atom. The zero-order valence-electron chi connectivity index (χ0n) is 16.1. The molecule has 0 saturated heterocycles. The molecule has 1 aliphatic rings. The molecule has 29 heavy (non-hydrogen) atoms. The van der Waals surface area contributed by atoms with E-state index < -0.39 is 0 Å². The fourth-order valence-corrected chi connectivity index (χ4v) is 3.68. The lowest BCUT2D eigenvalue weighted by Crippen LogP contribution is -2.41. The average molecular weight is 402 g/mol. The van der Waals surface area contributed by atoms with Crippen LogP contribution < -0.4 is 10.1 Å². The standard InChI is InChI=1S/C22H21N6S/c1-29-19-9-5-16(6-10-19)17-11-13-27(14-12-17)26-21-4-2-3-20(24-21)22-25-23-15-28(22)18-7-8-18/h2-6,9-15,18H,7-8H2,1H3,(H,24,26)/q+1. The van der Waals surface area contributed by atoms with Crippen LogP contribution in [0.15, 0.2) is 78.2 Å². The van der Waals surface area contributed by atoms with Crippen molar-refractivity contribution in [1.82, 2.24) is 19.7 Å². The molecule has 144 valence electrons. The Balaban J connectivity index is 1.34. The van der Waals surface area contributed by atoms with E-state index in [0.717, 1.165) is 17.3 Å². The summed E-state index contributed by atoms with van der Waals surface area (Å²) < 4.78 is 4.02. The van der Waals surface area contributed by atoms with E-state index in [-0.39, 0.29) is 0 Å². The third-order valence-corrected chi connectivity index (χ3v) is 5.73. The second-order valence-electron chi connectivity index (χ2n) is 7.04. The van der Waals surface area contributed by atoms with Gasteiger partial charge in [0.25, 0.3) is 0 Å². The summed E-state index contributed by atoms with van der Waals surface area (Å²) in [4.78, 5) is 5.99. The highest BCUT2D eigenvalue weighted by Gasteiger charge is 2.27. The fourth-order valence-electron chi connectivity index (χ4n) is 3.28. The number of nitrogens with zero attached hydrogens (tertiary/aromatic N) is 5. The van der Waals surface area contributed by atoms with Gasteiger partial charge in [0.2, 0.25) is 12.4 Å². The van der Waals surface area contributed by atoms with Crippen LogP contribution in [-0.4, -0.2) is 26.0 Å². The van der Waals surface area contributed by atoms with Crippen LogP contribution in [0.4, 0.5) is 5.82 Å². The van der Waals surface area contributed by atoms with Crippen molar-refractivity contribution in [2.75, 3.05) is 11.7 Å². The minimum atomic E-state index is 0.519. The first-order valence-corrected chi connectivity index (χ1v) is 10.8. The SMILES string of the molecule is CSc1ccc(-c2cc[n+](Nc3cccc(-c4nncn4C4CC4)n3)cc2)cc1. The van der Waals surface area contributed by atoms with Gasteiger partial charge in [-0.25, -0.2) is 4.98 Å². The first-order chi connectivity index (χ1) is 14.3. The predicted octanol–water partition coefficient (Wildman–Crippen LogP) is 4.23. The third-order valence-electron chi connectivity index (χ3n) is 4.99. The Morgan fingerprint density at radius 2 is 1.76 bits per heavy atom. The maximum absolute atomic E-state index is 4.72. The van der Waals surface area contributed by atoms with Gasteiger partial charge in [-0.05, 0) is 54.5 Å². The molecule has 0 amide bonds. The number of anilines is 1. The number of thioether (sulfide) groups is 1. The van der Waals surface area contributed by atoms with Gasteiger partial charge in [-0.3, -0.25) is 0 Å². The van der Waals surface area contributed by atoms with Crippen molar-refractivity contribution in [2.45, 2.75) is 23.8 Å². The van der Waals surface area contributed by atoms with Crippen molar-refractivity contribution in [1.29, 1.82) is 0 Å². The van der Waals surface area contributed by atoms with Crippen molar-refractivity contribution in [3.8, 4) is 22.6 Å². The fraction of sp³-hybridized carbons (Fsp3) is 0.182. The third kappa shape index (κ3) is 3.86. The Bertz CT molecular complexity index is 1120. The highest BCUT2D eigenvalue weighted by atomic mass is 32.2. The summed E-state index contributed by atoms with van der Waals surface area (Å²) in [6.07, 6.45) is 10.3. The van der Waals surface area contributed by atoms with Gasteiger partial charge in [-0.1, -0.05) is 22.9 Å². The van der Waals surface area contributed by atoms with Gasteiger partial charge >= 0.3 is 0 Å². The molecule has 1 saturated carbocycles. The normalized spacial score (nSPS) is 13.4. The minimum absolute atomic E-state index is 0.519. The van der Waals surface area contributed by atoms with Gasteiger partial charge in [0, 0.05) is 23.1 Å². The molecule has 0 aliphatic heterocycles. The Morgan fingerprint density at radius 1 is 1.00 bits per heavy atom. The van der Waals surface area contributed by atoms with E-state index in [4.69, 9.17) is 4.98 Å². The highest BCUT2D eigenvalue weighted by molar-refractivity contribution is 7.98. The van der Waals surface area contributed by atoms with Crippen molar-refractivity contribution in [3.63, 3.8) is 0 Å². The molecule has 0 radical (unpaired) electrons. The van der Waals surface area contributed by atoms with Crippen LogP contribution in [0.5, 0.6) is 0 Å². The van der Waals surface area contributed by atoms with Gasteiger partial charge in [0.1, 0.15) is 12.0 Å². The smallest absolute Gasteiger partial charge is 0.200 e. The monoisotopic (exact) mass is 401 g/mol. The minimum Gasteiger partial charge on any atom is -0.309 e. The zero-order chi connectivity index (χ0) is 19.6. The summed E-state index contributed by atoms with van der Waals surface area (Å²) in [7, 11) is 0. The van der Waals surface area contributed by atoms with Crippen LogP contribution >= 0.6 is 11.8 Å². The van der Waals surface area contributed by atoms with Crippen LogP contribution in [-0.2, 0) is 0 Å². The summed E-state index contributed by atoms with van der Waals surface area (Å²) in [5, 5.41) is 8.34. The van der Waals surface area contributed by atoms with E-state index >= 15 is 0 Å². The van der Waals surface area contributed by atoms with Crippen molar-refractivity contribution < 1.29 is 4.68 Å². The second-order valence-corrected chi connectivity index (χ2v) is 7.92. The first-order valence-electron chi connectivity index (χ1n) is 9.60. The highest BCUT2D eigenvalue weighted by Crippen LogP contribution is 2.37. The molecule has 6 nitrogen and oxygen atoms in total. The molecule has 0 unspecified atom stereocenters. The maximum Gasteiger partial charge on any atom is 0.200 e. The molecule has 4 aromatic rings. The Hall–Kier alpha value is -3.19. The second kappa shape index (κ2) is 7.67. The summed E-state index contributed by atoms with van der Waals surface area (Å²) in [6, 6.07) is 19.2. The lowest BCUT2D eigenvalue weighted by Gasteiger charge is -2.06. The average Bonchev–Trinajstić information content (AvgIpc) is 3.50. The van der Waals surface area contributed by atoms with Crippen LogP contribution in [0.2, 0.25) is 0 Å². The summed E-state index contributed by atoms with van der Waals surface area (Å²) in [5.74, 6) is 1.58. The number of hydrogen-bond acceptors (Lipinski definition) is 5. The molecule has 1 aromatic carbocycles. The van der Waals surface area contributed by atoms with Gasteiger partial charge in [-0.2, -0.15) is 0 Å². The van der Waals surface area contributed by atoms with E-state index in [1.807, 2.05) is 35.3 Å². The summed E-state index contributed by atoms with van der Waals surface area (Å²) in [5.41, 5.74) is 6.52. The Kier molecular flexibility index (Phi) is 4.73. The van der Waals surface area contributed by atoms with E-state index in [2.05, 4.69) is 62.8 Å². The molecular weight excluding hydrogens is 380 g/mol. The summed E-state index contributed by atoms with van der Waals surface area (Å²) in [6.45, 7) is 0. The molecule has 1 aliphatic carbocycles. The van der Waals surface area contributed by atoms with Gasteiger partial charge in [-0.15, -0.1) is 27.4 Å². The lowest BCUT2D eigenvalue weighted by molar-refractivity contribution is -0.643. The van der Waals surface area contributed by atoms with Crippen molar-refractivity contribution in [2.24, 2.45) is 0 Å². The topological polar surface area (TPSA) is 59.5 Å². The maximum atomic E-state index is 4.72. The first kappa shape index (κ1) is 17.9. The largest absolute Gasteiger partial charge is 0.309 e. The molecule has 3 aromatic heterocycles. The van der Waals surface area contributed by atoms with Crippen molar-refractivity contribution in [3.05, 3.63) is 73.3 Å². The molecule has 1 fully saturated rings. The van der Waals surface area contributed by atoms with Gasteiger partial charge < -0.3 is 4.57 Å². The predicted molar refractivity (Wildman–Crippen MR) is 114 cm³/mol. The molecule has 3 heterocycles. The number of hydrogen-bond donors (Lipinski definition) is 1. The van der Waals surface area contributed by atoms with E-state index in [9.17, 15) is 0 Å². The van der Waals surface area contributed by atoms with Crippen LogP contribution in [0.1, 0.15) is 18.9 Å². The molecule has 0 spiro atoms. The van der Waals surface area contributed by atoms with E-state index in [1.165, 1.54) is 28.9 Å². The Labute approximate surface area is 173 Å². The van der Waals surface area contributed by atoms with Crippen molar-refractivity contribution >= 4 is 17.6 Å². The molecule has 0 bridgehead atoms. The molecular formula is C22H21N6S+. The van der Waals surface area contributed by atoms with Crippen LogP contribution in [0.3, 0.4) is 0 Å². The number of nitrogens with one attached hydrogen (secondary N) is 1. The molecule has 0 atom stereocenters. The van der Waals surface area contributed by atoms with Crippen LogP contribution in [0.25, 0.3) is 22.6 Å². The van der Waals surface area contributed by atoms with Gasteiger partial charge in [0.15, 0.2) is 11.6 Å². The quantitative estimate of drug-likeness (QED) is 0.387.